The molecule has 0 amide bonds. The lowest BCUT2D eigenvalue weighted by atomic mass is 10.0. The second-order valence-electron chi connectivity index (χ2n) is 3.38. The third-order valence-corrected chi connectivity index (χ3v) is 3.35. The number of rotatable bonds is 2. The molecule has 1 saturated heterocycles. The highest BCUT2D eigenvalue weighted by atomic mass is 32.2. The summed E-state index contributed by atoms with van der Waals surface area (Å²) in [6.07, 6.45) is -4.94. The molecule has 1 rings (SSSR count). The molecular formula is C8H16N2O5S. The van der Waals surface area contributed by atoms with E-state index in [2.05, 4.69) is 4.99 Å². The second-order valence-corrected chi connectivity index (χ2v) is 4.50. The van der Waals surface area contributed by atoms with Crippen LogP contribution < -0.4 is 5.73 Å². The predicted molar refractivity (Wildman–Crippen MR) is 58.9 cm³/mol. The largest absolute Gasteiger partial charge is 0.394 e. The van der Waals surface area contributed by atoms with Gasteiger partial charge in [0.25, 0.3) is 0 Å². The maximum atomic E-state index is 9.62. The third-order valence-electron chi connectivity index (χ3n) is 2.31. The van der Waals surface area contributed by atoms with Crippen molar-refractivity contribution in [2.45, 2.75) is 29.9 Å². The van der Waals surface area contributed by atoms with Crippen LogP contribution in [0.3, 0.4) is 0 Å². The van der Waals surface area contributed by atoms with E-state index in [-0.39, 0.29) is 5.17 Å². The Balaban J connectivity index is 2.71. The third kappa shape index (κ3) is 2.84. The van der Waals surface area contributed by atoms with Gasteiger partial charge >= 0.3 is 0 Å². The van der Waals surface area contributed by atoms with Crippen LogP contribution in [-0.4, -0.2) is 69.1 Å². The maximum absolute atomic E-state index is 9.62. The lowest BCUT2D eigenvalue weighted by Crippen LogP contribution is -2.57. The van der Waals surface area contributed by atoms with Crippen molar-refractivity contribution in [3.8, 4) is 0 Å². The van der Waals surface area contributed by atoms with Crippen LogP contribution >= 0.6 is 11.8 Å². The van der Waals surface area contributed by atoms with Gasteiger partial charge in [-0.3, -0.25) is 4.99 Å². The van der Waals surface area contributed by atoms with Gasteiger partial charge in [0, 0.05) is 7.05 Å². The van der Waals surface area contributed by atoms with Crippen LogP contribution in [0.4, 0.5) is 0 Å². The van der Waals surface area contributed by atoms with Gasteiger partial charge in [0.2, 0.25) is 0 Å². The molecule has 0 radical (unpaired) electrons. The molecule has 94 valence electrons. The Morgan fingerprint density at radius 2 is 1.94 bits per heavy atom. The fraction of sp³-hybridized carbons (Fsp3) is 0.875. The molecule has 0 saturated carbocycles. The molecule has 8 heteroatoms. The van der Waals surface area contributed by atoms with Gasteiger partial charge < -0.3 is 30.9 Å². The average molecular weight is 252 g/mol. The van der Waals surface area contributed by atoms with Gasteiger partial charge in [-0.25, -0.2) is 0 Å². The summed E-state index contributed by atoms with van der Waals surface area (Å²) in [6.45, 7) is -0.453. The van der Waals surface area contributed by atoms with E-state index in [0.717, 1.165) is 11.8 Å². The fourth-order valence-electron chi connectivity index (χ4n) is 1.34. The molecule has 6 N–H and O–H groups in total. The number of nitrogens with zero attached hydrogens (tertiary/aromatic N) is 1. The van der Waals surface area contributed by atoms with Crippen molar-refractivity contribution >= 4 is 16.9 Å². The minimum Gasteiger partial charge on any atom is -0.394 e. The quantitative estimate of drug-likeness (QED) is 0.270. The second kappa shape index (κ2) is 5.80. The molecule has 1 aliphatic rings. The van der Waals surface area contributed by atoms with Gasteiger partial charge in [0.15, 0.2) is 5.17 Å². The van der Waals surface area contributed by atoms with Gasteiger partial charge in [0.1, 0.15) is 29.9 Å². The first-order chi connectivity index (χ1) is 7.51. The zero-order valence-corrected chi connectivity index (χ0v) is 9.54. The van der Waals surface area contributed by atoms with Crippen molar-refractivity contribution in [1.82, 2.24) is 0 Å². The molecule has 1 heterocycles. The van der Waals surface area contributed by atoms with E-state index in [1.165, 1.54) is 7.05 Å². The lowest BCUT2D eigenvalue weighted by molar-refractivity contribution is -0.205. The monoisotopic (exact) mass is 252 g/mol. The number of hydrogen-bond acceptors (Lipinski definition) is 7. The minimum atomic E-state index is -1.38. The summed E-state index contributed by atoms with van der Waals surface area (Å²) in [4.78, 5) is 3.67. The minimum absolute atomic E-state index is 0.185. The number of amidine groups is 1. The summed E-state index contributed by atoms with van der Waals surface area (Å²) >= 11 is 0.927. The number of aliphatic hydroxyl groups is 4. The molecule has 5 unspecified atom stereocenters. The zero-order chi connectivity index (χ0) is 12.3. The number of nitrogens with two attached hydrogens (primary N) is 1. The summed E-state index contributed by atoms with van der Waals surface area (Å²) in [7, 11) is 1.48. The SMILES string of the molecule is CN=C(N)SC1OC(CO)C(O)C(O)C1O. The number of ether oxygens (including phenoxy) is 1. The summed E-state index contributed by atoms with van der Waals surface area (Å²) in [5, 5.41) is 37.7. The number of thioether (sulfide) groups is 1. The van der Waals surface area contributed by atoms with Gasteiger partial charge in [-0.15, -0.1) is 0 Å². The van der Waals surface area contributed by atoms with Gasteiger partial charge in [0.05, 0.1) is 6.61 Å². The van der Waals surface area contributed by atoms with Crippen LogP contribution in [0.1, 0.15) is 0 Å². The van der Waals surface area contributed by atoms with E-state index >= 15 is 0 Å². The van der Waals surface area contributed by atoms with Crippen LogP contribution in [0.15, 0.2) is 4.99 Å². The van der Waals surface area contributed by atoms with E-state index in [0.29, 0.717) is 0 Å². The van der Waals surface area contributed by atoms with Crippen LogP contribution in [-0.2, 0) is 4.74 Å². The summed E-state index contributed by atoms with van der Waals surface area (Å²) in [5.41, 5.74) is 4.59. The van der Waals surface area contributed by atoms with E-state index in [1.54, 1.807) is 0 Å². The standard InChI is InChI=1S/C8H16N2O5S/c1-10-8(9)16-7-6(14)5(13)4(12)3(2-11)15-7/h3-7,11-14H,2H2,1H3,(H2,9,10). The summed E-state index contributed by atoms with van der Waals surface area (Å²) in [5.74, 6) is 0. The van der Waals surface area contributed by atoms with Crippen LogP contribution in [0.25, 0.3) is 0 Å². The molecular weight excluding hydrogens is 236 g/mol. The van der Waals surface area contributed by atoms with Crippen molar-refractivity contribution < 1.29 is 25.2 Å². The molecule has 7 nitrogen and oxygen atoms in total. The Morgan fingerprint density at radius 3 is 2.44 bits per heavy atom. The van der Waals surface area contributed by atoms with Crippen molar-refractivity contribution in [2.24, 2.45) is 10.7 Å². The smallest absolute Gasteiger partial charge is 0.156 e. The van der Waals surface area contributed by atoms with E-state index in [1.807, 2.05) is 0 Å². The Bertz CT molecular complexity index is 263. The number of aliphatic hydroxyl groups excluding tert-OH is 4. The lowest BCUT2D eigenvalue weighted by Gasteiger charge is -2.39. The van der Waals surface area contributed by atoms with Crippen LogP contribution in [0.2, 0.25) is 0 Å². The molecule has 5 atom stereocenters. The molecule has 1 aliphatic heterocycles. The number of aliphatic imine (C=N–C) groups is 1. The molecule has 0 bridgehead atoms. The highest BCUT2D eigenvalue weighted by Gasteiger charge is 2.43. The Labute approximate surface area is 96.9 Å². The van der Waals surface area contributed by atoms with Crippen LogP contribution in [0.5, 0.6) is 0 Å². The van der Waals surface area contributed by atoms with Crippen molar-refractivity contribution in [2.75, 3.05) is 13.7 Å². The molecule has 16 heavy (non-hydrogen) atoms. The van der Waals surface area contributed by atoms with Gasteiger partial charge in [-0.05, 0) is 0 Å². The zero-order valence-electron chi connectivity index (χ0n) is 8.72. The molecule has 0 spiro atoms. The first kappa shape index (κ1) is 13.7. The van der Waals surface area contributed by atoms with Crippen molar-refractivity contribution in [3.63, 3.8) is 0 Å². The Morgan fingerprint density at radius 1 is 1.31 bits per heavy atom. The van der Waals surface area contributed by atoms with E-state index in [9.17, 15) is 15.3 Å². The first-order valence-corrected chi connectivity index (χ1v) is 5.58. The Kier molecular flexibility index (Phi) is 4.96. The van der Waals surface area contributed by atoms with Crippen molar-refractivity contribution in [1.29, 1.82) is 0 Å². The normalized spacial score (nSPS) is 41.1. The van der Waals surface area contributed by atoms with Gasteiger partial charge in [-0.1, -0.05) is 11.8 Å². The Hall–Kier alpha value is -0.380. The highest BCUT2D eigenvalue weighted by Crippen LogP contribution is 2.28. The molecule has 0 aromatic carbocycles. The maximum Gasteiger partial charge on any atom is 0.156 e. The van der Waals surface area contributed by atoms with Crippen molar-refractivity contribution in [3.05, 3.63) is 0 Å². The first-order valence-electron chi connectivity index (χ1n) is 4.70. The fourth-order valence-corrected chi connectivity index (χ4v) is 2.18. The summed E-state index contributed by atoms with van der Waals surface area (Å²) < 4.78 is 5.20. The summed E-state index contributed by atoms with van der Waals surface area (Å²) in [6, 6.07) is 0. The van der Waals surface area contributed by atoms with Crippen LogP contribution in [0, 0.1) is 0 Å². The topological polar surface area (TPSA) is 129 Å². The molecule has 0 aromatic rings. The highest BCUT2D eigenvalue weighted by molar-refractivity contribution is 8.14. The predicted octanol–water partition coefficient (Wildman–Crippen LogP) is -2.54. The molecule has 0 aliphatic carbocycles. The van der Waals surface area contributed by atoms with E-state index < -0.39 is 36.5 Å². The van der Waals surface area contributed by atoms with E-state index in [4.69, 9.17) is 15.6 Å². The molecule has 1 fully saturated rings. The number of hydrogen-bond donors (Lipinski definition) is 5. The van der Waals surface area contributed by atoms with Gasteiger partial charge in [-0.2, -0.15) is 0 Å². The average Bonchev–Trinajstić information content (AvgIpc) is 2.29. The molecule has 0 aromatic heterocycles.